The summed E-state index contributed by atoms with van der Waals surface area (Å²) in [5.74, 6) is -0.0164. The van der Waals surface area contributed by atoms with Crippen LogP contribution >= 0.6 is 22.6 Å². The normalized spacial score (nSPS) is 11.2. The maximum atomic E-state index is 13.0. The number of amides is 1. The molecule has 3 nitrogen and oxygen atoms in total. The quantitative estimate of drug-likeness (QED) is 0.409. The highest BCUT2D eigenvalue weighted by molar-refractivity contribution is 14.1. The number of para-hydroxylation sites is 2. The highest BCUT2D eigenvalue weighted by Gasteiger charge is 2.20. The van der Waals surface area contributed by atoms with Crippen molar-refractivity contribution in [3.8, 4) is 0 Å². The van der Waals surface area contributed by atoms with Crippen LogP contribution in [0.3, 0.4) is 0 Å². The van der Waals surface area contributed by atoms with Gasteiger partial charge in [0.25, 0.3) is 0 Å². The number of nitrogens with zero attached hydrogens (tertiary/aromatic N) is 1. The van der Waals surface area contributed by atoms with Crippen molar-refractivity contribution in [2.45, 2.75) is 32.7 Å². The average Bonchev–Trinajstić information content (AvgIpc) is 2.68. The molecule has 1 amide bonds. The van der Waals surface area contributed by atoms with E-state index in [9.17, 15) is 4.79 Å². The van der Waals surface area contributed by atoms with Gasteiger partial charge >= 0.3 is 0 Å². The molecule has 0 unspecified atom stereocenters. The van der Waals surface area contributed by atoms with Crippen LogP contribution in [0.15, 0.2) is 78.9 Å². The summed E-state index contributed by atoms with van der Waals surface area (Å²) in [4.78, 5) is 15.2. The molecule has 3 aromatic rings. The minimum absolute atomic E-state index is 0.0164. The van der Waals surface area contributed by atoms with E-state index in [4.69, 9.17) is 0 Å². The SMILES string of the molecule is CC(C)(C)c1ccccc1NC(=O)CN(Cc1ccccc1)c1ccccc1I. The fraction of sp³-hybridized carbons (Fsp3) is 0.240. The third-order valence-electron chi connectivity index (χ3n) is 4.75. The van der Waals surface area contributed by atoms with Crippen LogP contribution < -0.4 is 10.2 Å². The van der Waals surface area contributed by atoms with Crippen LogP contribution in [0.2, 0.25) is 0 Å². The Morgan fingerprint density at radius 2 is 1.52 bits per heavy atom. The molecule has 0 bridgehead atoms. The molecule has 0 radical (unpaired) electrons. The van der Waals surface area contributed by atoms with Crippen LogP contribution in [0.4, 0.5) is 11.4 Å². The van der Waals surface area contributed by atoms with Crippen molar-refractivity contribution in [1.82, 2.24) is 0 Å². The molecule has 0 aliphatic rings. The number of anilines is 2. The van der Waals surface area contributed by atoms with Gasteiger partial charge in [0.2, 0.25) is 5.91 Å². The van der Waals surface area contributed by atoms with Crippen LogP contribution in [-0.2, 0) is 16.8 Å². The zero-order valence-electron chi connectivity index (χ0n) is 17.2. The minimum atomic E-state index is -0.0393. The molecule has 0 atom stereocenters. The molecule has 150 valence electrons. The van der Waals surface area contributed by atoms with Gasteiger partial charge < -0.3 is 10.2 Å². The molecule has 0 saturated heterocycles. The third-order valence-corrected chi connectivity index (χ3v) is 5.67. The zero-order chi connectivity index (χ0) is 20.9. The largest absolute Gasteiger partial charge is 0.357 e. The van der Waals surface area contributed by atoms with Crippen LogP contribution in [-0.4, -0.2) is 12.5 Å². The van der Waals surface area contributed by atoms with Crippen LogP contribution in [0.5, 0.6) is 0 Å². The molecule has 0 heterocycles. The smallest absolute Gasteiger partial charge is 0.243 e. The van der Waals surface area contributed by atoms with Crippen molar-refractivity contribution >= 4 is 39.9 Å². The molecule has 0 spiro atoms. The van der Waals surface area contributed by atoms with E-state index >= 15 is 0 Å². The van der Waals surface area contributed by atoms with E-state index in [0.29, 0.717) is 6.54 Å². The van der Waals surface area contributed by atoms with Gasteiger partial charge in [-0.05, 0) is 57.3 Å². The lowest BCUT2D eigenvalue weighted by Gasteiger charge is -2.27. The average molecular weight is 498 g/mol. The topological polar surface area (TPSA) is 32.3 Å². The fourth-order valence-electron chi connectivity index (χ4n) is 3.35. The second-order valence-electron chi connectivity index (χ2n) is 8.14. The van der Waals surface area contributed by atoms with Gasteiger partial charge in [0.05, 0.1) is 12.2 Å². The minimum Gasteiger partial charge on any atom is -0.357 e. The monoisotopic (exact) mass is 498 g/mol. The van der Waals surface area contributed by atoms with Gasteiger partial charge in [-0.2, -0.15) is 0 Å². The summed E-state index contributed by atoms with van der Waals surface area (Å²) in [5.41, 5.74) is 4.22. The Hall–Kier alpha value is -2.34. The van der Waals surface area contributed by atoms with E-state index in [1.165, 1.54) is 5.56 Å². The molecule has 3 aromatic carbocycles. The van der Waals surface area contributed by atoms with E-state index in [0.717, 1.165) is 20.5 Å². The van der Waals surface area contributed by atoms with E-state index < -0.39 is 0 Å². The summed E-state index contributed by atoms with van der Waals surface area (Å²) >= 11 is 2.33. The molecular weight excluding hydrogens is 471 g/mol. The second-order valence-corrected chi connectivity index (χ2v) is 9.30. The maximum absolute atomic E-state index is 13.0. The Balaban J connectivity index is 1.83. The van der Waals surface area contributed by atoms with Gasteiger partial charge in [-0.25, -0.2) is 0 Å². The Morgan fingerprint density at radius 1 is 0.897 bits per heavy atom. The molecule has 0 aromatic heterocycles. The van der Waals surface area contributed by atoms with Crippen molar-refractivity contribution in [3.63, 3.8) is 0 Å². The number of hydrogen-bond donors (Lipinski definition) is 1. The lowest BCUT2D eigenvalue weighted by Crippen LogP contribution is -2.34. The summed E-state index contributed by atoms with van der Waals surface area (Å²) in [7, 11) is 0. The molecule has 0 aliphatic carbocycles. The first-order chi connectivity index (χ1) is 13.8. The number of halogens is 1. The van der Waals surface area contributed by atoms with Crippen LogP contribution in [0, 0.1) is 3.57 Å². The lowest BCUT2D eigenvalue weighted by molar-refractivity contribution is -0.115. The van der Waals surface area contributed by atoms with Crippen molar-refractivity contribution in [2.75, 3.05) is 16.8 Å². The number of carbonyl (C=O) groups excluding carboxylic acids is 1. The standard InChI is InChI=1S/C25H27IN2O/c1-25(2,3)20-13-7-9-15-22(20)27-24(29)18-28(17-19-11-5-4-6-12-19)23-16-10-8-14-21(23)26/h4-16H,17-18H2,1-3H3,(H,27,29). The molecule has 3 rings (SSSR count). The van der Waals surface area contributed by atoms with Crippen LogP contribution in [0.25, 0.3) is 0 Å². The number of carbonyl (C=O) groups is 1. The van der Waals surface area contributed by atoms with E-state index in [-0.39, 0.29) is 17.9 Å². The van der Waals surface area contributed by atoms with Gasteiger partial charge in [-0.3, -0.25) is 4.79 Å². The molecule has 0 fully saturated rings. The Kier molecular flexibility index (Phi) is 6.96. The van der Waals surface area contributed by atoms with E-state index in [1.54, 1.807) is 0 Å². The first-order valence-electron chi connectivity index (χ1n) is 9.77. The lowest BCUT2D eigenvalue weighted by atomic mass is 9.86. The Bertz CT molecular complexity index is 964. The summed E-state index contributed by atoms with van der Waals surface area (Å²) in [6.45, 7) is 7.44. The predicted octanol–water partition coefficient (Wildman–Crippen LogP) is 6.23. The molecule has 1 N–H and O–H groups in total. The highest BCUT2D eigenvalue weighted by atomic mass is 127. The predicted molar refractivity (Wildman–Crippen MR) is 130 cm³/mol. The van der Waals surface area contributed by atoms with Gasteiger partial charge in [-0.15, -0.1) is 0 Å². The Morgan fingerprint density at radius 3 is 2.21 bits per heavy atom. The molecular formula is C25H27IN2O. The molecule has 29 heavy (non-hydrogen) atoms. The van der Waals surface area contributed by atoms with Crippen molar-refractivity contribution in [3.05, 3.63) is 93.6 Å². The maximum Gasteiger partial charge on any atom is 0.243 e. The Labute approximate surface area is 187 Å². The zero-order valence-corrected chi connectivity index (χ0v) is 19.3. The molecule has 0 saturated carbocycles. The van der Waals surface area contributed by atoms with Gasteiger partial charge in [0.15, 0.2) is 0 Å². The van der Waals surface area contributed by atoms with Crippen molar-refractivity contribution in [1.29, 1.82) is 0 Å². The number of benzene rings is 3. The van der Waals surface area contributed by atoms with Crippen molar-refractivity contribution < 1.29 is 4.79 Å². The summed E-state index contributed by atoms with van der Waals surface area (Å²) in [5, 5.41) is 3.14. The summed E-state index contributed by atoms with van der Waals surface area (Å²) in [6, 6.07) is 26.5. The third kappa shape index (κ3) is 5.82. The highest BCUT2D eigenvalue weighted by Crippen LogP contribution is 2.29. The molecule has 0 aliphatic heterocycles. The van der Waals surface area contributed by atoms with E-state index in [2.05, 4.69) is 83.9 Å². The molecule has 4 heteroatoms. The number of rotatable bonds is 6. The van der Waals surface area contributed by atoms with Gasteiger partial charge in [0, 0.05) is 15.8 Å². The van der Waals surface area contributed by atoms with Gasteiger partial charge in [0.1, 0.15) is 0 Å². The van der Waals surface area contributed by atoms with Crippen molar-refractivity contribution in [2.24, 2.45) is 0 Å². The fourth-order valence-corrected chi connectivity index (χ4v) is 4.08. The van der Waals surface area contributed by atoms with Crippen LogP contribution in [0.1, 0.15) is 31.9 Å². The first kappa shape index (κ1) is 21.4. The second kappa shape index (κ2) is 9.44. The van der Waals surface area contributed by atoms with E-state index in [1.807, 2.05) is 48.5 Å². The number of nitrogens with one attached hydrogen (secondary N) is 1. The first-order valence-corrected chi connectivity index (χ1v) is 10.9. The van der Waals surface area contributed by atoms with Gasteiger partial charge in [-0.1, -0.05) is 81.4 Å². The summed E-state index contributed by atoms with van der Waals surface area (Å²) in [6.07, 6.45) is 0. The number of hydrogen-bond acceptors (Lipinski definition) is 2. The summed E-state index contributed by atoms with van der Waals surface area (Å²) < 4.78 is 1.13.